The van der Waals surface area contributed by atoms with Crippen molar-refractivity contribution in [1.29, 1.82) is 10.5 Å². The van der Waals surface area contributed by atoms with Crippen LogP contribution in [-0.2, 0) is 5.41 Å². The molecule has 0 N–H and O–H groups in total. The maximum absolute atomic E-state index is 9.06. The van der Waals surface area contributed by atoms with E-state index in [1.807, 2.05) is 12.1 Å². The quantitative estimate of drug-likeness (QED) is 0.695. The Labute approximate surface area is 106 Å². The first-order valence-corrected chi connectivity index (χ1v) is 6.18. The molecule has 1 aromatic heterocycles. The molecule has 0 amide bonds. The highest BCUT2D eigenvalue weighted by Crippen LogP contribution is 2.66. The van der Waals surface area contributed by atoms with E-state index >= 15 is 0 Å². The second kappa shape index (κ2) is 3.09. The lowest BCUT2D eigenvalue weighted by Crippen LogP contribution is -2.32. The predicted molar refractivity (Wildman–Crippen MR) is 64.6 cm³/mol. The van der Waals surface area contributed by atoms with Crippen molar-refractivity contribution in [3.63, 3.8) is 0 Å². The van der Waals surface area contributed by atoms with Crippen molar-refractivity contribution in [3.05, 3.63) is 22.8 Å². The summed E-state index contributed by atoms with van der Waals surface area (Å²) in [5.41, 5.74) is 2.32. The van der Waals surface area contributed by atoms with Crippen molar-refractivity contribution in [2.45, 2.75) is 44.9 Å². The van der Waals surface area contributed by atoms with Crippen LogP contribution in [0.3, 0.4) is 0 Å². The lowest BCUT2D eigenvalue weighted by atomic mass is 9.70. The topological polar surface area (TPSA) is 73.4 Å². The summed E-state index contributed by atoms with van der Waals surface area (Å²) in [6.45, 7) is 6.69. The van der Waals surface area contributed by atoms with E-state index in [-0.39, 0.29) is 22.2 Å². The lowest BCUT2D eigenvalue weighted by molar-refractivity contribution is 0.227. The molecular formula is C14H14N4. The summed E-state index contributed by atoms with van der Waals surface area (Å²) in [6, 6.07) is 3.96. The Balaban J connectivity index is 2.32. The van der Waals surface area contributed by atoms with Gasteiger partial charge in [0.2, 0.25) is 0 Å². The molecule has 1 aromatic rings. The first-order valence-electron chi connectivity index (χ1n) is 6.18. The SMILES string of the molecule is CC12CCC(c3nc(C#N)c(C#N)nc31)C2(C)C. The molecule has 1 saturated carbocycles. The maximum Gasteiger partial charge on any atom is 0.177 e. The minimum Gasteiger partial charge on any atom is -0.237 e. The minimum atomic E-state index is -0.0143. The average Bonchev–Trinajstić information content (AvgIpc) is 2.68. The number of nitrogens with zero attached hydrogens (tertiary/aromatic N) is 4. The molecule has 0 aromatic carbocycles. The van der Waals surface area contributed by atoms with Crippen LogP contribution >= 0.6 is 0 Å². The molecule has 0 saturated heterocycles. The summed E-state index contributed by atoms with van der Waals surface area (Å²) < 4.78 is 0. The number of rotatable bonds is 0. The van der Waals surface area contributed by atoms with E-state index in [0.717, 1.165) is 24.2 Å². The molecule has 90 valence electrons. The molecule has 2 atom stereocenters. The van der Waals surface area contributed by atoms with Crippen LogP contribution in [0, 0.1) is 28.1 Å². The van der Waals surface area contributed by atoms with Gasteiger partial charge in [0.25, 0.3) is 0 Å². The number of fused-ring (bicyclic) bond motifs is 5. The van der Waals surface area contributed by atoms with Gasteiger partial charge in [-0.15, -0.1) is 0 Å². The van der Waals surface area contributed by atoms with E-state index in [9.17, 15) is 0 Å². The van der Waals surface area contributed by atoms with Gasteiger partial charge < -0.3 is 0 Å². The van der Waals surface area contributed by atoms with Crippen molar-refractivity contribution in [3.8, 4) is 12.1 Å². The molecular weight excluding hydrogens is 224 g/mol. The molecule has 2 bridgehead atoms. The van der Waals surface area contributed by atoms with Gasteiger partial charge in [0.1, 0.15) is 12.1 Å². The molecule has 1 fully saturated rings. The third-order valence-electron chi connectivity index (χ3n) is 5.21. The number of hydrogen-bond acceptors (Lipinski definition) is 4. The Bertz CT molecular complexity index is 632. The van der Waals surface area contributed by atoms with Crippen LogP contribution in [-0.4, -0.2) is 9.97 Å². The van der Waals surface area contributed by atoms with Gasteiger partial charge in [0, 0.05) is 11.3 Å². The monoisotopic (exact) mass is 238 g/mol. The van der Waals surface area contributed by atoms with Crippen LogP contribution in [0.2, 0.25) is 0 Å². The predicted octanol–water partition coefficient (Wildman–Crippen LogP) is 2.39. The van der Waals surface area contributed by atoms with Crippen LogP contribution in [0.25, 0.3) is 0 Å². The Hall–Kier alpha value is -1.94. The zero-order valence-electron chi connectivity index (χ0n) is 10.8. The van der Waals surface area contributed by atoms with E-state index in [4.69, 9.17) is 10.5 Å². The summed E-state index contributed by atoms with van der Waals surface area (Å²) in [7, 11) is 0. The second-order valence-corrected chi connectivity index (χ2v) is 6.02. The Morgan fingerprint density at radius 3 is 2.33 bits per heavy atom. The van der Waals surface area contributed by atoms with Crippen LogP contribution < -0.4 is 0 Å². The van der Waals surface area contributed by atoms with Gasteiger partial charge >= 0.3 is 0 Å². The van der Waals surface area contributed by atoms with Crippen LogP contribution in [0.4, 0.5) is 0 Å². The van der Waals surface area contributed by atoms with Crippen molar-refractivity contribution < 1.29 is 0 Å². The average molecular weight is 238 g/mol. The standard InChI is InChI=1S/C14H14N4/c1-13(2)8-4-5-14(13,3)12-11(8)17-9(6-15)10(7-16)18-12/h8H,4-5H2,1-3H3. The number of nitriles is 2. The smallest absolute Gasteiger partial charge is 0.177 e. The highest BCUT2D eigenvalue weighted by molar-refractivity contribution is 5.46. The first-order chi connectivity index (χ1) is 8.45. The van der Waals surface area contributed by atoms with E-state index in [1.54, 1.807) is 0 Å². The molecule has 0 spiro atoms. The Morgan fingerprint density at radius 1 is 1.11 bits per heavy atom. The fourth-order valence-corrected chi connectivity index (χ4v) is 3.66. The van der Waals surface area contributed by atoms with Gasteiger partial charge in [-0.2, -0.15) is 10.5 Å². The van der Waals surface area contributed by atoms with Crippen molar-refractivity contribution in [2.75, 3.05) is 0 Å². The highest BCUT2D eigenvalue weighted by atomic mass is 14.9. The third kappa shape index (κ3) is 0.996. The molecule has 2 aliphatic carbocycles. The zero-order valence-corrected chi connectivity index (χ0v) is 10.8. The van der Waals surface area contributed by atoms with Gasteiger partial charge in [-0.3, -0.25) is 0 Å². The highest BCUT2D eigenvalue weighted by Gasteiger charge is 2.61. The van der Waals surface area contributed by atoms with Gasteiger partial charge in [-0.25, -0.2) is 9.97 Å². The van der Waals surface area contributed by atoms with E-state index < -0.39 is 0 Å². The molecule has 2 aliphatic rings. The Kier molecular flexibility index (Phi) is 1.91. The first kappa shape index (κ1) is 11.2. The third-order valence-corrected chi connectivity index (χ3v) is 5.21. The summed E-state index contributed by atoms with van der Waals surface area (Å²) in [4.78, 5) is 8.87. The molecule has 0 radical (unpaired) electrons. The molecule has 4 heteroatoms. The normalized spacial score (nSPS) is 30.6. The van der Waals surface area contributed by atoms with E-state index in [1.165, 1.54) is 0 Å². The van der Waals surface area contributed by atoms with Crippen LogP contribution in [0.5, 0.6) is 0 Å². The fraction of sp³-hybridized carbons (Fsp3) is 0.571. The second-order valence-electron chi connectivity index (χ2n) is 6.02. The molecule has 18 heavy (non-hydrogen) atoms. The molecule has 2 unspecified atom stereocenters. The van der Waals surface area contributed by atoms with Gasteiger partial charge in [-0.05, 0) is 18.3 Å². The molecule has 3 rings (SSSR count). The molecule has 4 nitrogen and oxygen atoms in total. The Morgan fingerprint density at radius 2 is 1.72 bits per heavy atom. The fourth-order valence-electron chi connectivity index (χ4n) is 3.66. The van der Waals surface area contributed by atoms with Crippen molar-refractivity contribution in [2.24, 2.45) is 5.41 Å². The summed E-state index contributed by atoms with van der Waals surface area (Å²) in [5, 5.41) is 18.1. The number of aromatic nitrogens is 2. The van der Waals surface area contributed by atoms with Gasteiger partial charge in [0.05, 0.1) is 11.4 Å². The van der Waals surface area contributed by atoms with E-state index in [0.29, 0.717) is 5.92 Å². The van der Waals surface area contributed by atoms with Crippen molar-refractivity contribution >= 4 is 0 Å². The van der Waals surface area contributed by atoms with E-state index in [2.05, 4.69) is 30.7 Å². The maximum atomic E-state index is 9.06. The summed E-state index contributed by atoms with van der Waals surface area (Å²) in [5.74, 6) is 0.366. The molecule has 0 aliphatic heterocycles. The largest absolute Gasteiger partial charge is 0.237 e. The summed E-state index contributed by atoms with van der Waals surface area (Å²) >= 11 is 0. The van der Waals surface area contributed by atoms with Crippen LogP contribution in [0.1, 0.15) is 62.3 Å². The van der Waals surface area contributed by atoms with Gasteiger partial charge in [0.15, 0.2) is 11.4 Å². The molecule has 1 heterocycles. The lowest BCUT2D eigenvalue weighted by Gasteiger charge is -2.34. The summed E-state index contributed by atoms with van der Waals surface area (Å²) in [6.07, 6.45) is 2.19. The minimum absolute atomic E-state index is 0.0143. The van der Waals surface area contributed by atoms with Crippen molar-refractivity contribution in [1.82, 2.24) is 9.97 Å². The van der Waals surface area contributed by atoms with Crippen LogP contribution in [0.15, 0.2) is 0 Å². The zero-order chi connectivity index (χ0) is 13.1. The number of hydrogen-bond donors (Lipinski definition) is 0. The van der Waals surface area contributed by atoms with Gasteiger partial charge in [-0.1, -0.05) is 20.8 Å².